The molecule has 0 saturated heterocycles. The summed E-state index contributed by atoms with van der Waals surface area (Å²) in [6.45, 7) is 0. The number of halogens is 1. The number of hydrogen-bond acceptors (Lipinski definition) is 2. The summed E-state index contributed by atoms with van der Waals surface area (Å²) in [5, 5.41) is 2.09. The van der Waals surface area contributed by atoms with Gasteiger partial charge in [-0.15, -0.1) is 0 Å². The largest absolute Gasteiger partial charge is 0.497 e. The highest BCUT2D eigenvalue weighted by atomic mass is 79.9. The van der Waals surface area contributed by atoms with Crippen molar-refractivity contribution in [3.63, 3.8) is 0 Å². The topological polar surface area (TPSA) is 9.23 Å². The Balaban J connectivity index is 2.05. The molecule has 0 aromatic heterocycles. The molecule has 0 fully saturated rings. The summed E-state index contributed by atoms with van der Waals surface area (Å²) in [5.41, 5.74) is 1.18. The molecule has 0 aliphatic heterocycles. The second-order valence-corrected chi connectivity index (χ2v) is 5.42. The van der Waals surface area contributed by atoms with E-state index < -0.39 is 0 Å². The van der Waals surface area contributed by atoms with Gasteiger partial charge in [0, 0.05) is 9.38 Å². The molecule has 0 aliphatic carbocycles. The second-order valence-electron chi connectivity index (χ2n) is 3.63. The maximum absolute atomic E-state index is 5.13. The Morgan fingerprint density at radius 2 is 1.72 bits per heavy atom. The average Bonchev–Trinajstić information content (AvgIpc) is 2.46. The Kier molecular flexibility index (Phi) is 4.90. The molecule has 18 heavy (non-hydrogen) atoms. The third kappa shape index (κ3) is 3.65. The molecule has 0 atom stereocenters. The fraction of sp³-hybridized carbons (Fsp3) is 0.0667. The fourth-order valence-electron chi connectivity index (χ4n) is 1.44. The van der Waals surface area contributed by atoms with Crippen molar-refractivity contribution in [1.29, 1.82) is 0 Å². The van der Waals surface area contributed by atoms with Crippen molar-refractivity contribution in [3.8, 4) is 5.75 Å². The highest BCUT2D eigenvalue weighted by Crippen LogP contribution is 2.29. The molecule has 0 unspecified atom stereocenters. The van der Waals surface area contributed by atoms with E-state index in [1.807, 2.05) is 42.5 Å². The maximum atomic E-state index is 5.13. The smallest absolute Gasteiger partial charge is 0.118 e. The number of methoxy groups -OCH3 is 1. The minimum atomic E-state index is 0.880. The van der Waals surface area contributed by atoms with Crippen LogP contribution in [0.25, 0.3) is 4.48 Å². The van der Waals surface area contributed by atoms with Crippen LogP contribution in [-0.4, -0.2) is 7.11 Å². The maximum Gasteiger partial charge on any atom is 0.118 e. The third-order valence-electron chi connectivity index (χ3n) is 2.41. The van der Waals surface area contributed by atoms with Crippen molar-refractivity contribution in [1.82, 2.24) is 0 Å². The quantitative estimate of drug-likeness (QED) is 0.718. The zero-order chi connectivity index (χ0) is 12.8. The molecular formula is C15H13BrOS. The van der Waals surface area contributed by atoms with Gasteiger partial charge in [-0.2, -0.15) is 0 Å². The standard InChI is InChI=1S/C15H13BrOS/c1-17-13-7-9-14(10-8-13)18-11-15(16)12-5-3-2-4-6-12/h2-11H,1H3/b15-11+. The first-order chi connectivity index (χ1) is 8.79. The Hall–Kier alpha value is -1.19. The van der Waals surface area contributed by atoms with Crippen LogP contribution in [0.5, 0.6) is 5.75 Å². The van der Waals surface area contributed by atoms with Gasteiger partial charge in [0.25, 0.3) is 0 Å². The summed E-state index contributed by atoms with van der Waals surface area (Å²) in [4.78, 5) is 1.18. The summed E-state index contributed by atoms with van der Waals surface area (Å²) >= 11 is 5.27. The molecule has 0 spiro atoms. The van der Waals surface area contributed by atoms with Gasteiger partial charge in [0.05, 0.1) is 7.11 Å². The van der Waals surface area contributed by atoms with Gasteiger partial charge in [-0.05, 0) is 51.2 Å². The van der Waals surface area contributed by atoms with Gasteiger partial charge in [0.2, 0.25) is 0 Å². The Morgan fingerprint density at radius 3 is 2.33 bits per heavy atom. The lowest BCUT2D eigenvalue weighted by Crippen LogP contribution is -1.80. The number of ether oxygens (including phenoxy) is 1. The first kappa shape index (κ1) is 13.2. The van der Waals surface area contributed by atoms with Crippen LogP contribution in [0.3, 0.4) is 0 Å². The summed E-state index contributed by atoms with van der Waals surface area (Å²) in [6.07, 6.45) is 0. The molecule has 2 aromatic rings. The predicted octanol–water partition coefficient (Wildman–Crippen LogP) is 5.18. The van der Waals surface area contributed by atoms with Crippen molar-refractivity contribution in [2.24, 2.45) is 0 Å². The van der Waals surface area contributed by atoms with Crippen molar-refractivity contribution < 1.29 is 4.74 Å². The molecule has 0 radical (unpaired) electrons. The van der Waals surface area contributed by atoms with Crippen molar-refractivity contribution >= 4 is 32.2 Å². The minimum absolute atomic E-state index is 0.880. The van der Waals surface area contributed by atoms with Crippen molar-refractivity contribution in [2.45, 2.75) is 4.90 Å². The first-order valence-corrected chi connectivity index (χ1v) is 7.18. The molecular weight excluding hydrogens is 308 g/mol. The van der Waals surface area contributed by atoms with E-state index >= 15 is 0 Å². The van der Waals surface area contributed by atoms with Crippen LogP contribution < -0.4 is 4.74 Å². The van der Waals surface area contributed by atoms with Crippen molar-refractivity contribution in [2.75, 3.05) is 7.11 Å². The molecule has 0 heterocycles. The van der Waals surface area contributed by atoms with Crippen LogP contribution in [0.4, 0.5) is 0 Å². The average molecular weight is 321 g/mol. The van der Waals surface area contributed by atoms with Crippen LogP contribution in [0, 0.1) is 0 Å². The lowest BCUT2D eigenvalue weighted by atomic mass is 10.2. The van der Waals surface area contributed by atoms with E-state index in [9.17, 15) is 0 Å². The van der Waals surface area contributed by atoms with E-state index in [0.29, 0.717) is 0 Å². The predicted molar refractivity (Wildman–Crippen MR) is 82.2 cm³/mol. The van der Waals surface area contributed by atoms with Crippen LogP contribution in [0.1, 0.15) is 5.56 Å². The summed E-state index contributed by atoms with van der Waals surface area (Å²) in [6, 6.07) is 18.3. The lowest BCUT2D eigenvalue weighted by molar-refractivity contribution is 0.414. The normalized spacial score (nSPS) is 11.3. The molecule has 2 rings (SSSR count). The highest BCUT2D eigenvalue weighted by Gasteiger charge is 1.97. The fourth-order valence-corrected chi connectivity index (χ4v) is 2.65. The van der Waals surface area contributed by atoms with E-state index in [-0.39, 0.29) is 0 Å². The van der Waals surface area contributed by atoms with Gasteiger partial charge in [0.15, 0.2) is 0 Å². The molecule has 0 N–H and O–H groups in total. The lowest BCUT2D eigenvalue weighted by Gasteiger charge is -2.02. The molecule has 1 nitrogen and oxygen atoms in total. The summed E-state index contributed by atoms with van der Waals surface area (Å²) in [7, 11) is 1.67. The molecule has 92 valence electrons. The summed E-state index contributed by atoms with van der Waals surface area (Å²) < 4.78 is 6.22. The summed E-state index contributed by atoms with van der Waals surface area (Å²) in [5.74, 6) is 0.880. The van der Waals surface area contributed by atoms with Crippen LogP contribution in [-0.2, 0) is 0 Å². The molecule has 2 aromatic carbocycles. The van der Waals surface area contributed by atoms with E-state index in [1.54, 1.807) is 18.9 Å². The van der Waals surface area contributed by atoms with Crippen molar-refractivity contribution in [3.05, 3.63) is 65.6 Å². The molecule has 0 amide bonds. The SMILES string of the molecule is COc1ccc(S/C=C(/Br)c2ccccc2)cc1. The van der Waals surface area contributed by atoms with Gasteiger partial charge >= 0.3 is 0 Å². The zero-order valence-electron chi connectivity index (χ0n) is 9.97. The Bertz CT molecular complexity index is 520. The molecule has 3 heteroatoms. The van der Waals surface area contributed by atoms with E-state index in [0.717, 1.165) is 10.2 Å². The minimum Gasteiger partial charge on any atom is -0.497 e. The monoisotopic (exact) mass is 320 g/mol. The van der Waals surface area contributed by atoms with E-state index in [2.05, 4.69) is 33.5 Å². The van der Waals surface area contributed by atoms with Crippen LogP contribution in [0.15, 0.2) is 64.9 Å². The zero-order valence-corrected chi connectivity index (χ0v) is 12.4. The molecule has 0 aliphatic rings. The number of thioether (sulfide) groups is 1. The molecule has 0 bridgehead atoms. The van der Waals surface area contributed by atoms with Crippen LogP contribution in [0.2, 0.25) is 0 Å². The number of benzene rings is 2. The molecule has 0 saturated carbocycles. The number of hydrogen-bond donors (Lipinski definition) is 0. The van der Waals surface area contributed by atoms with E-state index in [4.69, 9.17) is 4.74 Å². The van der Waals surface area contributed by atoms with E-state index in [1.165, 1.54) is 10.5 Å². The van der Waals surface area contributed by atoms with Gasteiger partial charge in [-0.3, -0.25) is 0 Å². The van der Waals surface area contributed by atoms with Gasteiger partial charge in [-0.1, -0.05) is 42.1 Å². The van der Waals surface area contributed by atoms with Crippen LogP contribution >= 0.6 is 27.7 Å². The van der Waals surface area contributed by atoms with Gasteiger partial charge < -0.3 is 4.74 Å². The Labute approximate surface area is 120 Å². The first-order valence-electron chi connectivity index (χ1n) is 5.51. The second kappa shape index (κ2) is 6.66. The Morgan fingerprint density at radius 1 is 1.06 bits per heavy atom. The van der Waals surface area contributed by atoms with Gasteiger partial charge in [-0.25, -0.2) is 0 Å². The number of rotatable bonds is 4. The van der Waals surface area contributed by atoms with Gasteiger partial charge in [0.1, 0.15) is 5.75 Å². The highest BCUT2D eigenvalue weighted by molar-refractivity contribution is 9.15. The third-order valence-corrected chi connectivity index (χ3v) is 4.30.